The van der Waals surface area contributed by atoms with Crippen molar-refractivity contribution >= 4 is 21.4 Å². The van der Waals surface area contributed by atoms with Crippen LogP contribution in [0, 0.1) is 5.92 Å². The second kappa shape index (κ2) is 3.71. The molecule has 1 atom stereocenters. The quantitative estimate of drug-likeness (QED) is 0.797. The highest BCUT2D eigenvalue weighted by molar-refractivity contribution is 7.17. The van der Waals surface area contributed by atoms with Crippen molar-refractivity contribution in [3.63, 3.8) is 0 Å². The van der Waals surface area contributed by atoms with E-state index in [4.69, 9.17) is 5.73 Å². The Bertz CT molecular complexity index is 431. The molecule has 0 amide bonds. The minimum atomic E-state index is 0.150. The summed E-state index contributed by atoms with van der Waals surface area (Å²) in [5.41, 5.74) is 7.45. The Morgan fingerprint density at radius 3 is 2.71 bits per heavy atom. The standard InChI is InChI=1S/C12H15NS/c1-8(2)11(13)10-5-3-4-9-6-7-14-12(9)10/h3-8,11H,13H2,1-2H3/t11-/m0/s1. The van der Waals surface area contributed by atoms with Gasteiger partial charge in [0.05, 0.1) is 0 Å². The van der Waals surface area contributed by atoms with Crippen molar-refractivity contribution in [1.82, 2.24) is 0 Å². The van der Waals surface area contributed by atoms with Crippen LogP contribution in [0.25, 0.3) is 10.1 Å². The molecule has 1 heterocycles. The van der Waals surface area contributed by atoms with E-state index in [9.17, 15) is 0 Å². The third kappa shape index (κ3) is 1.56. The summed E-state index contributed by atoms with van der Waals surface area (Å²) < 4.78 is 1.34. The minimum Gasteiger partial charge on any atom is -0.324 e. The lowest BCUT2D eigenvalue weighted by molar-refractivity contribution is 0.518. The second-order valence-corrected chi connectivity index (χ2v) is 4.87. The fourth-order valence-corrected chi connectivity index (χ4v) is 2.60. The summed E-state index contributed by atoms with van der Waals surface area (Å²) in [5, 5.41) is 3.44. The predicted octanol–water partition coefficient (Wildman–Crippen LogP) is 3.56. The summed E-state index contributed by atoms with van der Waals surface area (Å²) in [5.74, 6) is 0.489. The largest absolute Gasteiger partial charge is 0.324 e. The van der Waals surface area contributed by atoms with Crippen molar-refractivity contribution in [3.05, 3.63) is 35.2 Å². The average Bonchev–Trinajstić information content (AvgIpc) is 2.63. The van der Waals surface area contributed by atoms with E-state index >= 15 is 0 Å². The number of fused-ring (bicyclic) bond motifs is 1. The summed E-state index contributed by atoms with van der Waals surface area (Å²) in [6, 6.07) is 8.67. The topological polar surface area (TPSA) is 26.0 Å². The Morgan fingerprint density at radius 1 is 1.21 bits per heavy atom. The van der Waals surface area contributed by atoms with E-state index in [2.05, 4.69) is 43.5 Å². The third-order valence-corrected chi connectivity index (χ3v) is 3.57. The van der Waals surface area contributed by atoms with Crippen LogP contribution in [0.2, 0.25) is 0 Å². The highest BCUT2D eigenvalue weighted by Gasteiger charge is 2.13. The molecule has 0 unspecified atom stereocenters. The molecule has 1 nitrogen and oxygen atoms in total. The van der Waals surface area contributed by atoms with Crippen LogP contribution in [0.3, 0.4) is 0 Å². The summed E-state index contributed by atoms with van der Waals surface area (Å²) in [6.45, 7) is 4.33. The SMILES string of the molecule is CC(C)[C@H](N)c1cccc2ccsc12. The van der Waals surface area contributed by atoms with Crippen molar-refractivity contribution in [3.8, 4) is 0 Å². The highest BCUT2D eigenvalue weighted by Crippen LogP contribution is 2.30. The van der Waals surface area contributed by atoms with Crippen LogP contribution in [0.1, 0.15) is 25.5 Å². The molecule has 0 fully saturated rings. The Labute approximate surface area is 88.6 Å². The van der Waals surface area contributed by atoms with E-state index in [1.165, 1.54) is 15.6 Å². The molecule has 2 rings (SSSR count). The van der Waals surface area contributed by atoms with E-state index in [1.807, 2.05) is 0 Å². The highest BCUT2D eigenvalue weighted by atomic mass is 32.1. The second-order valence-electron chi connectivity index (χ2n) is 3.96. The molecule has 14 heavy (non-hydrogen) atoms. The lowest BCUT2D eigenvalue weighted by Crippen LogP contribution is -2.16. The number of rotatable bonds is 2. The van der Waals surface area contributed by atoms with Gasteiger partial charge in [0.1, 0.15) is 0 Å². The molecule has 0 saturated heterocycles. The Balaban J connectivity index is 2.56. The first-order valence-electron chi connectivity index (χ1n) is 4.92. The summed E-state index contributed by atoms with van der Waals surface area (Å²) in [4.78, 5) is 0. The van der Waals surface area contributed by atoms with Gasteiger partial charge in [-0.05, 0) is 28.3 Å². The molecule has 0 aliphatic rings. The van der Waals surface area contributed by atoms with Gasteiger partial charge in [-0.2, -0.15) is 0 Å². The van der Waals surface area contributed by atoms with Crippen molar-refractivity contribution < 1.29 is 0 Å². The van der Waals surface area contributed by atoms with E-state index in [0.29, 0.717) is 5.92 Å². The van der Waals surface area contributed by atoms with Gasteiger partial charge in [0.15, 0.2) is 0 Å². The number of hydrogen-bond donors (Lipinski definition) is 1. The molecule has 2 heteroatoms. The molecule has 74 valence electrons. The molecule has 0 saturated carbocycles. The Hall–Kier alpha value is -0.860. The van der Waals surface area contributed by atoms with Gasteiger partial charge < -0.3 is 5.73 Å². The maximum Gasteiger partial charge on any atom is 0.0390 e. The van der Waals surface area contributed by atoms with Crippen LogP contribution in [-0.4, -0.2) is 0 Å². The Morgan fingerprint density at radius 2 is 2.00 bits per heavy atom. The maximum atomic E-state index is 6.17. The molecule has 0 radical (unpaired) electrons. The van der Waals surface area contributed by atoms with E-state index < -0.39 is 0 Å². The molecular formula is C12H15NS. The molecule has 0 spiro atoms. The molecule has 0 aliphatic heterocycles. The third-order valence-electron chi connectivity index (χ3n) is 2.59. The zero-order valence-electron chi connectivity index (χ0n) is 8.53. The minimum absolute atomic E-state index is 0.150. The molecular weight excluding hydrogens is 190 g/mol. The van der Waals surface area contributed by atoms with Gasteiger partial charge in [0.25, 0.3) is 0 Å². The first-order valence-corrected chi connectivity index (χ1v) is 5.80. The van der Waals surface area contributed by atoms with Gasteiger partial charge in [-0.15, -0.1) is 11.3 Å². The summed E-state index contributed by atoms with van der Waals surface area (Å²) in [7, 11) is 0. The lowest BCUT2D eigenvalue weighted by atomic mass is 9.96. The van der Waals surface area contributed by atoms with Crippen molar-refractivity contribution in [2.45, 2.75) is 19.9 Å². The number of nitrogens with two attached hydrogens (primary N) is 1. The van der Waals surface area contributed by atoms with Gasteiger partial charge in [-0.1, -0.05) is 32.0 Å². The van der Waals surface area contributed by atoms with Crippen molar-refractivity contribution in [2.75, 3.05) is 0 Å². The molecule has 1 aromatic heterocycles. The number of thiophene rings is 1. The maximum absolute atomic E-state index is 6.17. The first kappa shape index (κ1) is 9.69. The zero-order valence-corrected chi connectivity index (χ0v) is 9.34. The van der Waals surface area contributed by atoms with Gasteiger partial charge in [-0.3, -0.25) is 0 Å². The molecule has 0 bridgehead atoms. The van der Waals surface area contributed by atoms with Crippen LogP contribution < -0.4 is 5.73 Å². The normalized spacial score (nSPS) is 13.7. The fourth-order valence-electron chi connectivity index (χ4n) is 1.64. The molecule has 1 aromatic carbocycles. The van der Waals surface area contributed by atoms with Crippen LogP contribution in [0.4, 0.5) is 0 Å². The van der Waals surface area contributed by atoms with E-state index in [-0.39, 0.29) is 6.04 Å². The fraction of sp³-hybridized carbons (Fsp3) is 0.333. The number of hydrogen-bond acceptors (Lipinski definition) is 2. The summed E-state index contributed by atoms with van der Waals surface area (Å²) in [6.07, 6.45) is 0. The average molecular weight is 205 g/mol. The molecule has 2 aromatic rings. The monoisotopic (exact) mass is 205 g/mol. The lowest BCUT2D eigenvalue weighted by Gasteiger charge is -2.16. The smallest absolute Gasteiger partial charge is 0.0390 e. The Kier molecular flexibility index (Phi) is 2.57. The number of benzene rings is 1. The van der Waals surface area contributed by atoms with E-state index in [1.54, 1.807) is 11.3 Å². The zero-order chi connectivity index (χ0) is 10.1. The van der Waals surface area contributed by atoms with Crippen LogP contribution >= 0.6 is 11.3 Å². The van der Waals surface area contributed by atoms with Gasteiger partial charge in [-0.25, -0.2) is 0 Å². The van der Waals surface area contributed by atoms with Crippen LogP contribution in [-0.2, 0) is 0 Å². The molecule has 2 N–H and O–H groups in total. The van der Waals surface area contributed by atoms with Gasteiger partial charge in [0.2, 0.25) is 0 Å². The molecule has 0 aliphatic carbocycles. The van der Waals surface area contributed by atoms with E-state index in [0.717, 1.165) is 0 Å². The van der Waals surface area contributed by atoms with Gasteiger partial charge in [0, 0.05) is 10.7 Å². The van der Waals surface area contributed by atoms with Crippen molar-refractivity contribution in [2.24, 2.45) is 11.7 Å². The predicted molar refractivity (Wildman–Crippen MR) is 63.6 cm³/mol. The first-order chi connectivity index (χ1) is 6.70. The van der Waals surface area contributed by atoms with Crippen LogP contribution in [0.5, 0.6) is 0 Å². The summed E-state index contributed by atoms with van der Waals surface area (Å²) >= 11 is 1.78. The van der Waals surface area contributed by atoms with Crippen molar-refractivity contribution in [1.29, 1.82) is 0 Å². The van der Waals surface area contributed by atoms with Gasteiger partial charge >= 0.3 is 0 Å². The van der Waals surface area contributed by atoms with Crippen LogP contribution in [0.15, 0.2) is 29.6 Å².